The zero-order valence-corrected chi connectivity index (χ0v) is 17.4. The maximum Gasteiger partial charge on any atom is 0.425 e. The van der Waals surface area contributed by atoms with Crippen LogP contribution in [0.4, 0.5) is 23.9 Å². The molecule has 2 aromatic heterocycles. The average Bonchev–Trinajstić information content (AvgIpc) is 2.77. The number of hydrogen-bond donors (Lipinski definition) is 0. The van der Waals surface area contributed by atoms with Crippen molar-refractivity contribution in [1.82, 2.24) is 19.9 Å². The molecular weight excluding hydrogens is 429 g/mol. The normalized spacial score (nSPS) is 17.4. The van der Waals surface area contributed by atoms with Gasteiger partial charge in [0, 0.05) is 43.6 Å². The Kier molecular flexibility index (Phi) is 6.97. The molecule has 3 rings (SSSR count). The molecule has 1 aliphatic heterocycles. The van der Waals surface area contributed by atoms with Gasteiger partial charge in [0.1, 0.15) is 12.7 Å². The number of carbonyl (C=O) groups is 1. The number of ether oxygens (including phenoxy) is 2. The summed E-state index contributed by atoms with van der Waals surface area (Å²) in [6.07, 6.45) is -1.77. The van der Waals surface area contributed by atoms with Gasteiger partial charge in [-0.1, -0.05) is 0 Å². The minimum Gasteiger partial charge on any atom is -0.486 e. The zero-order chi connectivity index (χ0) is 23.3. The Balaban J connectivity index is 1.55. The summed E-state index contributed by atoms with van der Waals surface area (Å²) in [6, 6.07) is 3.34. The summed E-state index contributed by atoms with van der Waals surface area (Å²) in [7, 11) is 0. The molecule has 1 aliphatic rings. The maximum atomic E-state index is 12.6. The highest BCUT2D eigenvalue weighted by Crippen LogP contribution is 2.24. The van der Waals surface area contributed by atoms with Gasteiger partial charge in [0.25, 0.3) is 0 Å². The Morgan fingerprint density at radius 3 is 2.66 bits per heavy atom. The number of rotatable bonds is 5. The lowest BCUT2D eigenvalue weighted by molar-refractivity contribution is -0.200. The van der Waals surface area contributed by atoms with Gasteiger partial charge >= 0.3 is 12.3 Å². The third-order valence-corrected chi connectivity index (χ3v) is 4.92. The Morgan fingerprint density at radius 2 is 2.03 bits per heavy atom. The number of piperazine rings is 1. The average molecular weight is 450 g/mol. The van der Waals surface area contributed by atoms with E-state index in [1.165, 1.54) is 23.5 Å². The summed E-state index contributed by atoms with van der Waals surface area (Å²) < 4.78 is 48.1. The Bertz CT molecular complexity index is 980. The predicted octanol–water partition coefficient (Wildman–Crippen LogP) is 2.92. The van der Waals surface area contributed by atoms with E-state index >= 15 is 0 Å². The van der Waals surface area contributed by atoms with Crippen LogP contribution in [-0.2, 0) is 11.3 Å². The van der Waals surface area contributed by atoms with E-state index in [0.717, 1.165) is 6.92 Å². The molecule has 0 radical (unpaired) electrons. The monoisotopic (exact) mass is 450 g/mol. The largest absolute Gasteiger partial charge is 0.486 e. The van der Waals surface area contributed by atoms with Crippen LogP contribution >= 0.6 is 0 Å². The van der Waals surface area contributed by atoms with E-state index in [1.807, 2.05) is 11.0 Å². The standard InChI is InChI=1S/C20H21F3N6O3/c1-13-11-28(5-6-29(13)19(30)32-14(2)20(21,22)23)18-26-9-17(10-27-18)31-12-15-3-4-25-8-16(15)7-24/h3-4,8-10,13-14H,5-6,11-12H2,1-2H3/t13-,14-/m1/s1. The second-order valence-corrected chi connectivity index (χ2v) is 7.21. The highest BCUT2D eigenvalue weighted by molar-refractivity contribution is 5.68. The van der Waals surface area contributed by atoms with Gasteiger partial charge < -0.3 is 19.3 Å². The summed E-state index contributed by atoms with van der Waals surface area (Å²) in [6.45, 7) is 3.50. The molecule has 0 N–H and O–H groups in total. The fraction of sp³-hybridized carbons (Fsp3) is 0.450. The number of hydrogen-bond acceptors (Lipinski definition) is 8. The molecule has 1 saturated heterocycles. The molecule has 1 amide bonds. The molecule has 3 heterocycles. The van der Waals surface area contributed by atoms with Crippen molar-refractivity contribution in [2.45, 2.75) is 38.8 Å². The van der Waals surface area contributed by atoms with E-state index < -0.39 is 24.4 Å². The van der Waals surface area contributed by atoms with Gasteiger partial charge in [0.2, 0.25) is 5.95 Å². The first kappa shape index (κ1) is 23.1. The molecule has 0 aliphatic carbocycles. The molecule has 32 heavy (non-hydrogen) atoms. The van der Waals surface area contributed by atoms with Crippen LogP contribution in [0.5, 0.6) is 5.75 Å². The van der Waals surface area contributed by atoms with E-state index in [1.54, 1.807) is 19.2 Å². The van der Waals surface area contributed by atoms with Crippen LogP contribution in [0, 0.1) is 11.3 Å². The number of pyridine rings is 1. The number of anilines is 1. The second kappa shape index (κ2) is 9.67. The van der Waals surface area contributed by atoms with Crippen LogP contribution in [-0.4, -0.2) is 63.9 Å². The quantitative estimate of drug-likeness (QED) is 0.685. The third-order valence-electron chi connectivity index (χ3n) is 4.92. The molecule has 12 heteroatoms. The highest BCUT2D eigenvalue weighted by atomic mass is 19.4. The molecule has 0 aromatic carbocycles. The van der Waals surface area contributed by atoms with Crippen molar-refractivity contribution in [2.75, 3.05) is 24.5 Å². The smallest absolute Gasteiger partial charge is 0.425 e. The molecule has 0 saturated carbocycles. The van der Waals surface area contributed by atoms with E-state index in [0.29, 0.717) is 35.9 Å². The molecule has 170 valence electrons. The van der Waals surface area contributed by atoms with E-state index in [-0.39, 0.29) is 13.2 Å². The van der Waals surface area contributed by atoms with Crippen LogP contribution in [0.25, 0.3) is 0 Å². The van der Waals surface area contributed by atoms with Crippen LogP contribution in [0.15, 0.2) is 30.9 Å². The number of aromatic nitrogens is 3. The van der Waals surface area contributed by atoms with Crippen molar-refractivity contribution in [3.05, 3.63) is 42.0 Å². The fourth-order valence-electron chi connectivity index (χ4n) is 3.05. The second-order valence-electron chi connectivity index (χ2n) is 7.21. The number of carbonyl (C=O) groups excluding carboxylic acids is 1. The number of nitrogens with zero attached hydrogens (tertiary/aromatic N) is 6. The summed E-state index contributed by atoms with van der Waals surface area (Å²) in [5, 5.41) is 9.09. The molecule has 2 atom stereocenters. The van der Waals surface area contributed by atoms with E-state index in [4.69, 9.17) is 10.00 Å². The number of alkyl halides is 3. The van der Waals surface area contributed by atoms with Crippen molar-refractivity contribution in [3.63, 3.8) is 0 Å². The number of amides is 1. The van der Waals surface area contributed by atoms with E-state index in [9.17, 15) is 18.0 Å². The SMILES string of the molecule is C[C@@H]1CN(c2ncc(OCc3ccncc3C#N)cn2)CCN1C(=O)O[C@H](C)C(F)(F)F. The topological polar surface area (TPSA) is 104 Å². The first-order valence-electron chi connectivity index (χ1n) is 9.75. The van der Waals surface area contributed by atoms with Gasteiger partial charge in [-0.2, -0.15) is 18.4 Å². The van der Waals surface area contributed by atoms with Gasteiger partial charge in [-0.05, 0) is 19.9 Å². The van der Waals surface area contributed by atoms with Crippen molar-refractivity contribution in [1.29, 1.82) is 5.26 Å². The minimum atomic E-state index is -4.61. The molecular formula is C20H21F3N6O3. The lowest BCUT2D eigenvalue weighted by atomic mass is 10.2. The Hall–Kier alpha value is -3.62. The predicted molar refractivity (Wildman–Crippen MR) is 106 cm³/mol. The zero-order valence-electron chi connectivity index (χ0n) is 17.4. The van der Waals surface area contributed by atoms with Crippen LogP contribution < -0.4 is 9.64 Å². The molecule has 0 bridgehead atoms. The van der Waals surface area contributed by atoms with Crippen molar-refractivity contribution >= 4 is 12.0 Å². The molecule has 2 aromatic rings. The maximum absolute atomic E-state index is 12.6. The molecule has 9 nitrogen and oxygen atoms in total. The Labute approximate surface area is 182 Å². The van der Waals surface area contributed by atoms with Crippen molar-refractivity contribution in [3.8, 4) is 11.8 Å². The highest BCUT2D eigenvalue weighted by Gasteiger charge is 2.41. The van der Waals surface area contributed by atoms with E-state index in [2.05, 4.69) is 19.7 Å². The lowest BCUT2D eigenvalue weighted by Gasteiger charge is -2.39. The molecule has 1 fully saturated rings. The van der Waals surface area contributed by atoms with Crippen molar-refractivity contribution < 1.29 is 27.4 Å². The lowest BCUT2D eigenvalue weighted by Crippen LogP contribution is -2.55. The van der Waals surface area contributed by atoms with Gasteiger partial charge in [0.15, 0.2) is 11.9 Å². The summed E-state index contributed by atoms with van der Waals surface area (Å²) in [4.78, 5) is 27.6. The van der Waals surface area contributed by atoms with Gasteiger partial charge in [0.05, 0.1) is 18.0 Å². The third kappa shape index (κ3) is 5.54. The van der Waals surface area contributed by atoms with Gasteiger partial charge in [-0.15, -0.1) is 0 Å². The molecule has 0 spiro atoms. The fourth-order valence-corrected chi connectivity index (χ4v) is 3.05. The minimum absolute atomic E-state index is 0.155. The van der Waals surface area contributed by atoms with Gasteiger partial charge in [-0.25, -0.2) is 14.8 Å². The number of nitriles is 1. The first-order chi connectivity index (χ1) is 15.2. The number of halogens is 3. The van der Waals surface area contributed by atoms with Crippen LogP contribution in [0.2, 0.25) is 0 Å². The van der Waals surface area contributed by atoms with Crippen molar-refractivity contribution in [2.24, 2.45) is 0 Å². The Morgan fingerprint density at radius 1 is 1.31 bits per heavy atom. The van der Waals surface area contributed by atoms with Crippen LogP contribution in [0.3, 0.4) is 0 Å². The van der Waals surface area contributed by atoms with Gasteiger partial charge in [-0.3, -0.25) is 4.98 Å². The summed E-state index contributed by atoms with van der Waals surface area (Å²) >= 11 is 0. The summed E-state index contributed by atoms with van der Waals surface area (Å²) in [5.74, 6) is 0.813. The summed E-state index contributed by atoms with van der Waals surface area (Å²) in [5.41, 5.74) is 1.10. The molecule has 0 unspecified atom stereocenters. The van der Waals surface area contributed by atoms with Crippen LogP contribution in [0.1, 0.15) is 25.0 Å². The first-order valence-corrected chi connectivity index (χ1v) is 9.75.